The van der Waals surface area contributed by atoms with E-state index in [0.29, 0.717) is 0 Å². The fraction of sp³-hybridized carbons (Fsp3) is 0.933. The summed E-state index contributed by atoms with van der Waals surface area (Å²) in [6.07, 6.45) is 3.06. The van der Waals surface area contributed by atoms with Gasteiger partial charge in [-0.15, -0.1) is 0 Å². The van der Waals surface area contributed by atoms with Gasteiger partial charge in [0.15, 0.2) is 0 Å². The second kappa shape index (κ2) is 4.19. The van der Waals surface area contributed by atoms with Crippen LogP contribution in [0.25, 0.3) is 0 Å². The molecule has 1 spiro atoms. The van der Waals surface area contributed by atoms with Crippen LogP contribution in [0, 0.1) is 0 Å². The smallest absolute Gasteiger partial charge is 0.254 e. The summed E-state index contributed by atoms with van der Waals surface area (Å²) >= 11 is 0. The van der Waals surface area contributed by atoms with Crippen molar-refractivity contribution in [3.05, 3.63) is 0 Å². The molecule has 0 atom stereocenters. The highest BCUT2D eigenvalue weighted by atomic mass is 16.6. The van der Waals surface area contributed by atoms with E-state index >= 15 is 0 Å². The first-order valence-corrected chi connectivity index (χ1v) is 7.40. The van der Waals surface area contributed by atoms with Crippen molar-refractivity contribution >= 4 is 5.91 Å². The van der Waals surface area contributed by atoms with Gasteiger partial charge < -0.3 is 15.4 Å². The van der Waals surface area contributed by atoms with Crippen LogP contribution in [0.5, 0.6) is 0 Å². The Kier molecular flexibility index (Phi) is 3.26. The molecule has 4 heteroatoms. The average Bonchev–Trinajstić information content (AvgIpc) is 2.45. The minimum Gasteiger partial charge on any atom is -0.339 e. The third-order valence-corrected chi connectivity index (χ3v) is 4.42. The first-order chi connectivity index (χ1) is 8.58. The summed E-state index contributed by atoms with van der Waals surface area (Å²) in [5.74, 6) is 0.0611. The van der Waals surface area contributed by atoms with E-state index in [1.165, 1.54) is 0 Å². The first-order valence-electron chi connectivity index (χ1n) is 7.40. The third-order valence-electron chi connectivity index (χ3n) is 4.42. The molecule has 0 aromatic rings. The van der Waals surface area contributed by atoms with Gasteiger partial charge in [-0.05, 0) is 40.5 Å². The quantitative estimate of drug-likeness (QED) is 0.808. The van der Waals surface area contributed by atoms with E-state index in [0.717, 1.165) is 25.7 Å². The van der Waals surface area contributed by atoms with E-state index in [9.17, 15) is 4.79 Å². The molecule has 0 aliphatic carbocycles. The Morgan fingerprint density at radius 2 is 1.53 bits per heavy atom. The number of piperidine rings is 1. The molecule has 0 radical (unpaired) electrons. The summed E-state index contributed by atoms with van der Waals surface area (Å²) in [4.78, 5) is 12.4. The van der Waals surface area contributed by atoms with E-state index in [1.807, 2.05) is 13.8 Å². The Bertz CT molecular complexity index is 368. The summed E-state index contributed by atoms with van der Waals surface area (Å²) in [5, 5.41) is 6.80. The molecule has 19 heavy (non-hydrogen) atoms. The number of rotatable bonds is 2. The average molecular weight is 268 g/mol. The van der Waals surface area contributed by atoms with Crippen LogP contribution in [0.2, 0.25) is 0 Å². The van der Waals surface area contributed by atoms with Gasteiger partial charge in [0.1, 0.15) is 11.3 Å². The Labute approximate surface area is 116 Å². The van der Waals surface area contributed by atoms with Crippen LogP contribution in [-0.2, 0) is 9.53 Å². The number of carbonyl (C=O) groups is 1. The minimum atomic E-state index is -0.635. The van der Waals surface area contributed by atoms with E-state index in [1.54, 1.807) is 0 Å². The van der Waals surface area contributed by atoms with Gasteiger partial charge >= 0.3 is 0 Å². The van der Waals surface area contributed by atoms with Crippen molar-refractivity contribution in [3.8, 4) is 0 Å². The normalized spacial score (nSPS) is 30.3. The van der Waals surface area contributed by atoms with Crippen LogP contribution in [-0.4, -0.2) is 28.3 Å². The lowest BCUT2D eigenvalue weighted by Crippen LogP contribution is -2.66. The molecule has 2 N–H and O–H groups in total. The second-order valence-corrected chi connectivity index (χ2v) is 7.50. The summed E-state index contributed by atoms with van der Waals surface area (Å²) in [6.45, 7) is 12.7. The highest BCUT2D eigenvalue weighted by Gasteiger charge is 2.58. The van der Waals surface area contributed by atoms with Crippen molar-refractivity contribution in [2.24, 2.45) is 0 Å². The number of carbonyl (C=O) groups excluding carboxylic acids is 1. The molecule has 4 nitrogen and oxygen atoms in total. The van der Waals surface area contributed by atoms with E-state index in [2.05, 4.69) is 38.3 Å². The Balaban J connectivity index is 2.32. The topological polar surface area (TPSA) is 50.4 Å². The van der Waals surface area contributed by atoms with Crippen molar-refractivity contribution in [1.29, 1.82) is 0 Å². The zero-order valence-corrected chi connectivity index (χ0v) is 13.1. The lowest BCUT2D eigenvalue weighted by Gasteiger charge is -2.51. The van der Waals surface area contributed by atoms with Gasteiger partial charge in [0, 0.05) is 23.9 Å². The van der Waals surface area contributed by atoms with E-state index < -0.39 is 11.3 Å². The Morgan fingerprint density at radius 1 is 1.05 bits per heavy atom. The van der Waals surface area contributed by atoms with Crippen LogP contribution in [0.1, 0.15) is 67.2 Å². The molecule has 1 amide bonds. The van der Waals surface area contributed by atoms with Crippen molar-refractivity contribution in [1.82, 2.24) is 10.6 Å². The van der Waals surface area contributed by atoms with Crippen molar-refractivity contribution in [2.75, 3.05) is 0 Å². The van der Waals surface area contributed by atoms with Gasteiger partial charge in [-0.25, -0.2) is 0 Å². The maximum atomic E-state index is 12.4. The monoisotopic (exact) mass is 268 g/mol. The molecule has 110 valence electrons. The lowest BCUT2D eigenvalue weighted by atomic mass is 9.77. The van der Waals surface area contributed by atoms with Crippen LogP contribution >= 0.6 is 0 Å². The van der Waals surface area contributed by atoms with Crippen molar-refractivity contribution in [2.45, 2.75) is 89.6 Å². The zero-order valence-electron chi connectivity index (χ0n) is 13.1. The highest BCUT2D eigenvalue weighted by molar-refractivity contribution is 5.87. The van der Waals surface area contributed by atoms with E-state index in [4.69, 9.17) is 4.74 Å². The standard InChI is InChI=1S/C15H28N2O2/c1-7-14(8-2)11(18)16-15(19-14)9-12(3,4)17-13(5,6)10-15/h17H,7-10H2,1-6H3,(H,16,18). The number of nitrogens with one attached hydrogen (secondary N) is 2. The molecular weight excluding hydrogens is 240 g/mol. The molecule has 0 unspecified atom stereocenters. The Morgan fingerprint density at radius 3 is 1.89 bits per heavy atom. The van der Waals surface area contributed by atoms with Crippen LogP contribution in [0.3, 0.4) is 0 Å². The summed E-state index contributed by atoms with van der Waals surface area (Å²) < 4.78 is 6.36. The molecule has 2 aliphatic rings. The fourth-order valence-corrected chi connectivity index (χ4v) is 4.14. The molecule has 0 aromatic carbocycles. The fourth-order valence-electron chi connectivity index (χ4n) is 4.14. The second-order valence-electron chi connectivity index (χ2n) is 7.50. The maximum absolute atomic E-state index is 12.4. The molecule has 2 rings (SSSR count). The van der Waals surface area contributed by atoms with Crippen molar-refractivity contribution < 1.29 is 9.53 Å². The molecule has 0 aromatic heterocycles. The maximum Gasteiger partial charge on any atom is 0.254 e. The largest absolute Gasteiger partial charge is 0.339 e. The highest BCUT2D eigenvalue weighted by Crippen LogP contribution is 2.44. The predicted octanol–water partition coefficient (Wildman–Crippen LogP) is 2.33. The van der Waals surface area contributed by atoms with Gasteiger partial charge in [-0.2, -0.15) is 0 Å². The third kappa shape index (κ3) is 2.52. The molecule has 2 heterocycles. The van der Waals surface area contributed by atoms with Crippen molar-refractivity contribution in [3.63, 3.8) is 0 Å². The van der Waals surface area contributed by atoms with Crippen LogP contribution in [0.15, 0.2) is 0 Å². The molecular formula is C15H28N2O2. The lowest BCUT2D eigenvalue weighted by molar-refractivity contribution is -0.160. The van der Waals surface area contributed by atoms with E-state index in [-0.39, 0.29) is 17.0 Å². The predicted molar refractivity (Wildman–Crippen MR) is 75.8 cm³/mol. The van der Waals surface area contributed by atoms with Crippen LogP contribution in [0.4, 0.5) is 0 Å². The van der Waals surface area contributed by atoms with Gasteiger partial charge in [0.05, 0.1) is 0 Å². The molecule has 0 bridgehead atoms. The summed E-state index contributed by atoms with van der Waals surface area (Å²) in [5.41, 5.74) is -1.25. The van der Waals surface area contributed by atoms with Gasteiger partial charge in [-0.3, -0.25) is 4.79 Å². The first kappa shape index (κ1) is 14.8. The number of ether oxygens (including phenoxy) is 1. The summed E-state index contributed by atoms with van der Waals surface area (Å²) in [7, 11) is 0. The molecule has 2 saturated heterocycles. The van der Waals surface area contributed by atoms with Crippen LogP contribution < -0.4 is 10.6 Å². The minimum absolute atomic E-state index is 0.0490. The zero-order chi connectivity index (χ0) is 14.5. The molecule has 2 aliphatic heterocycles. The van der Waals surface area contributed by atoms with Gasteiger partial charge in [0.25, 0.3) is 5.91 Å². The molecule has 0 saturated carbocycles. The number of hydrogen-bond acceptors (Lipinski definition) is 3. The SMILES string of the molecule is CCC1(CC)OC2(CC(C)(C)NC(C)(C)C2)NC1=O. The summed E-state index contributed by atoms with van der Waals surface area (Å²) in [6, 6.07) is 0. The molecule has 2 fully saturated rings. The number of amides is 1. The van der Waals surface area contributed by atoms with Gasteiger partial charge in [-0.1, -0.05) is 13.8 Å². The van der Waals surface area contributed by atoms with Gasteiger partial charge in [0.2, 0.25) is 0 Å². The number of hydrogen-bond donors (Lipinski definition) is 2. The Hall–Kier alpha value is -0.610.